The molecule has 0 amide bonds. The maximum atomic E-state index is 13.3. The fraction of sp³-hybridized carbons (Fsp3) is 1.00. The van der Waals surface area contributed by atoms with Gasteiger partial charge in [-0.1, -0.05) is 84.9 Å². The van der Waals surface area contributed by atoms with Gasteiger partial charge in [0.2, 0.25) is 0 Å². The topological polar surface area (TPSA) is 32.4 Å². The molecule has 0 saturated heterocycles. The van der Waals surface area contributed by atoms with Crippen LogP contribution in [0.25, 0.3) is 0 Å². The van der Waals surface area contributed by atoms with Crippen LogP contribution in [0.3, 0.4) is 0 Å². The number of nitrogens with zero attached hydrogens (tertiary/aromatic N) is 1. The highest BCUT2D eigenvalue weighted by Gasteiger charge is 2.66. The van der Waals surface area contributed by atoms with Gasteiger partial charge in [-0.15, -0.1) is 0 Å². The van der Waals surface area contributed by atoms with Crippen LogP contribution in [-0.4, -0.2) is 40.4 Å². The van der Waals surface area contributed by atoms with Crippen molar-refractivity contribution in [1.29, 1.82) is 0 Å². The van der Waals surface area contributed by atoms with Crippen LogP contribution in [0.1, 0.15) is 41.0 Å². The van der Waals surface area contributed by atoms with E-state index in [1.807, 2.05) is 13.8 Å². The lowest BCUT2D eigenvalue weighted by atomic mass is 9.82. The predicted molar refractivity (Wildman–Crippen MR) is 118 cm³/mol. The Morgan fingerprint density at radius 3 is 1.21 bits per heavy atom. The lowest BCUT2D eigenvalue weighted by Gasteiger charge is -2.57. The molecule has 0 atom stereocenters. The Morgan fingerprint density at radius 1 is 0.708 bits per heavy atom. The summed E-state index contributed by atoms with van der Waals surface area (Å²) in [5.41, 5.74) is -0.382. The van der Waals surface area contributed by atoms with Gasteiger partial charge in [0.15, 0.2) is 6.87 Å². The zero-order valence-electron chi connectivity index (χ0n) is 19.0. The Bertz CT molecular complexity index is 390. The van der Waals surface area contributed by atoms with Gasteiger partial charge in [-0.25, -0.2) is 0 Å². The first-order valence-corrected chi connectivity index (χ1v) is 24.7. The van der Waals surface area contributed by atoms with E-state index in [-0.39, 0.29) is 5.41 Å². The maximum Gasteiger partial charge on any atom is 0.188 e. The Morgan fingerprint density at radius 2 is 1.00 bits per heavy atom. The van der Waals surface area contributed by atoms with Crippen molar-refractivity contribution in [2.75, 3.05) is 0 Å². The second kappa shape index (κ2) is 7.05. The molecule has 0 aliphatic rings. The van der Waals surface area contributed by atoms with E-state index in [0.717, 1.165) is 11.6 Å². The molecule has 0 aromatic carbocycles. The smallest absolute Gasteiger partial charge is 0.188 e. The molecule has 24 heavy (non-hydrogen) atoms. The molecule has 0 heterocycles. The molecule has 0 aromatic rings. The van der Waals surface area contributed by atoms with Crippen LogP contribution >= 0.6 is 0 Å². The summed E-state index contributed by atoms with van der Waals surface area (Å²) in [6.45, 7) is 30.6. The standard InChI is InChI=1S/C17H44NO2Si4/c1-16(2,3)15-17(4,5)18(19)20-24(21(6,7)8,22(9,10)11)23(12,13)14/h15H2,1-14H3. The van der Waals surface area contributed by atoms with E-state index in [9.17, 15) is 5.21 Å². The Labute approximate surface area is 155 Å². The highest BCUT2D eigenvalue weighted by Crippen LogP contribution is 2.40. The van der Waals surface area contributed by atoms with Crippen molar-refractivity contribution in [3.8, 4) is 0 Å². The lowest BCUT2D eigenvalue weighted by Crippen LogP contribution is -2.85. The molecule has 145 valence electrons. The highest BCUT2D eigenvalue weighted by molar-refractivity contribution is 7.87. The first-order valence-electron chi connectivity index (χ1n) is 9.25. The van der Waals surface area contributed by atoms with Gasteiger partial charge in [0.1, 0.15) is 0 Å². The fourth-order valence-corrected chi connectivity index (χ4v) is 97.7. The molecule has 3 nitrogen and oxygen atoms in total. The van der Waals surface area contributed by atoms with E-state index >= 15 is 0 Å². The summed E-state index contributed by atoms with van der Waals surface area (Å²) in [5, 5.41) is 14.3. The third-order valence-electron chi connectivity index (χ3n) is 4.85. The van der Waals surface area contributed by atoms with E-state index in [1.54, 1.807) is 0 Å². The summed E-state index contributed by atoms with van der Waals surface area (Å²) < 4.78 is 6.74. The zero-order chi connectivity index (χ0) is 20.0. The molecule has 0 spiro atoms. The van der Waals surface area contributed by atoms with E-state index < -0.39 is 35.2 Å². The average molecular weight is 407 g/mol. The van der Waals surface area contributed by atoms with Crippen molar-refractivity contribution in [2.24, 2.45) is 5.41 Å². The van der Waals surface area contributed by atoms with Gasteiger partial charge in [-0.05, 0) is 30.9 Å². The molecule has 0 N–H and O–H groups in total. The second-order valence-corrected chi connectivity index (χ2v) is 51.7. The number of rotatable bonds is 7. The van der Waals surface area contributed by atoms with E-state index in [4.69, 9.17) is 4.53 Å². The van der Waals surface area contributed by atoms with E-state index in [1.165, 1.54) is 0 Å². The van der Waals surface area contributed by atoms with Gasteiger partial charge >= 0.3 is 0 Å². The molecule has 1 radical (unpaired) electrons. The van der Waals surface area contributed by atoms with Crippen LogP contribution in [0.5, 0.6) is 0 Å². The lowest BCUT2D eigenvalue weighted by molar-refractivity contribution is -0.379. The highest BCUT2D eigenvalue weighted by atomic mass is 29.9. The second-order valence-electron chi connectivity index (χ2n) is 12.3. The number of hydrogen-bond acceptors (Lipinski definition) is 2. The van der Waals surface area contributed by atoms with Gasteiger partial charge < -0.3 is 4.53 Å². The van der Waals surface area contributed by atoms with Gasteiger partial charge in [0, 0.05) is 0 Å². The van der Waals surface area contributed by atoms with Crippen LogP contribution in [0.15, 0.2) is 0 Å². The summed E-state index contributed by atoms with van der Waals surface area (Å²) in [4.78, 5) is 0. The maximum absolute atomic E-state index is 13.3. The Balaban J connectivity index is 6.08. The van der Waals surface area contributed by atoms with Gasteiger partial charge in [0.05, 0.1) is 28.3 Å². The predicted octanol–water partition coefficient (Wildman–Crippen LogP) is 5.98. The van der Waals surface area contributed by atoms with Gasteiger partial charge in [-0.2, -0.15) is 0 Å². The molecular formula is C17H44NO2Si4. The van der Waals surface area contributed by atoms with Gasteiger partial charge in [0.25, 0.3) is 0 Å². The molecular weight excluding hydrogens is 363 g/mol. The van der Waals surface area contributed by atoms with Crippen LogP contribution in [0.4, 0.5) is 0 Å². The minimum atomic E-state index is -2.12. The zero-order valence-corrected chi connectivity index (χ0v) is 23.0. The molecule has 0 aliphatic heterocycles. The quantitative estimate of drug-likeness (QED) is 0.385. The molecule has 0 rings (SSSR count). The summed E-state index contributed by atoms with van der Waals surface area (Å²) >= 11 is 0. The molecule has 7 heteroatoms. The van der Waals surface area contributed by atoms with Gasteiger partial charge in [-0.3, -0.25) is 0 Å². The van der Waals surface area contributed by atoms with Crippen molar-refractivity contribution < 1.29 is 9.73 Å². The molecule has 0 fully saturated rings. The summed E-state index contributed by atoms with van der Waals surface area (Å²) in [6.07, 6.45) is 0.830. The van der Waals surface area contributed by atoms with E-state index in [2.05, 4.69) is 79.7 Å². The Kier molecular flexibility index (Phi) is 7.27. The van der Waals surface area contributed by atoms with E-state index in [0.29, 0.717) is 0 Å². The first-order chi connectivity index (χ1) is 10.1. The molecule has 0 bridgehead atoms. The third-order valence-corrected chi connectivity index (χ3v) is 72.0. The van der Waals surface area contributed by atoms with Crippen molar-refractivity contribution in [3.05, 3.63) is 0 Å². The fourth-order valence-electron chi connectivity index (χ4n) is 5.40. The summed E-state index contributed by atoms with van der Waals surface area (Å²) in [5.74, 6) is 0. The molecule has 0 unspecified atom stereocenters. The van der Waals surface area contributed by atoms with Crippen molar-refractivity contribution >= 4 is 29.6 Å². The summed E-state index contributed by atoms with van der Waals surface area (Å²) in [7, 11) is -4.83. The minimum Gasteiger partial charge on any atom is -0.328 e. The number of hydrogen-bond donors (Lipinski definition) is 0. The van der Waals surface area contributed by atoms with Crippen molar-refractivity contribution in [3.63, 3.8) is 0 Å². The van der Waals surface area contributed by atoms with Crippen LogP contribution in [-0.2, 0) is 9.73 Å². The number of hydroxylamine groups is 2. The first kappa shape index (κ1) is 24.7. The largest absolute Gasteiger partial charge is 0.328 e. The van der Waals surface area contributed by atoms with Crippen LogP contribution in [0, 0.1) is 5.41 Å². The third kappa shape index (κ3) is 5.37. The van der Waals surface area contributed by atoms with Crippen LogP contribution in [0.2, 0.25) is 58.9 Å². The average Bonchev–Trinajstić information content (AvgIpc) is 2.15. The SMILES string of the molecule is CC(C)(C)CC(C)(C)N([O])O[Si]([Si](C)(C)C)([Si](C)(C)C)[Si](C)(C)C. The monoisotopic (exact) mass is 406 g/mol. The molecule has 0 aliphatic carbocycles. The van der Waals surface area contributed by atoms with Crippen LogP contribution < -0.4 is 0 Å². The Hall–Kier alpha value is 0.748. The molecule has 0 saturated carbocycles. The normalized spacial score (nSPS) is 16.0. The minimum absolute atomic E-state index is 0.108. The molecule has 0 aromatic heterocycles. The summed E-state index contributed by atoms with van der Waals surface area (Å²) in [6, 6.07) is 0. The van der Waals surface area contributed by atoms with Crippen molar-refractivity contribution in [1.82, 2.24) is 5.23 Å². The van der Waals surface area contributed by atoms with Crippen molar-refractivity contribution in [2.45, 2.75) is 106 Å².